The molecule has 0 radical (unpaired) electrons. The van der Waals surface area contributed by atoms with Crippen LogP contribution in [-0.4, -0.2) is 21.5 Å². The summed E-state index contributed by atoms with van der Waals surface area (Å²) in [7, 11) is -3.35. The number of benzene rings is 1. The molecule has 0 amide bonds. The van der Waals surface area contributed by atoms with Gasteiger partial charge in [-0.2, -0.15) is 0 Å². The normalized spacial score (nSPS) is 11.8. The highest BCUT2D eigenvalue weighted by Crippen LogP contribution is 2.14. The fraction of sp³-hybridized carbons (Fsp3) is 0.571. The van der Waals surface area contributed by atoms with E-state index in [1.807, 2.05) is 6.92 Å². The Morgan fingerprint density at radius 3 is 2.26 bits per heavy atom. The molecular weight excluding hydrogens is 260 g/mol. The smallest absolute Gasteiger partial charge is 0.240 e. The van der Waals surface area contributed by atoms with Crippen LogP contribution in [0.1, 0.15) is 33.6 Å². The Labute approximate surface area is 116 Å². The fourth-order valence-corrected chi connectivity index (χ4v) is 2.71. The van der Waals surface area contributed by atoms with Gasteiger partial charge in [0.1, 0.15) is 0 Å². The van der Waals surface area contributed by atoms with E-state index in [-0.39, 0.29) is 0 Å². The molecule has 0 spiro atoms. The minimum absolute atomic E-state index is 0.315. The van der Waals surface area contributed by atoms with Crippen molar-refractivity contribution >= 4 is 15.7 Å². The Hall–Kier alpha value is -1.07. The maximum atomic E-state index is 11.9. The second-order valence-electron chi connectivity index (χ2n) is 5.03. The van der Waals surface area contributed by atoms with E-state index in [2.05, 4.69) is 23.9 Å². The molecule has 1 aromatic carbocycles. The van der Waals surface area contributed by atoms with Gasteiger partial charge in [0.15, 0.2) is 0 Å². The van der Waals surface area contributed by atoms with Crippen molar-refractivity contribution in [1.82, 2.24) is 4.72 Å². The van der Waals surface area contributed by atoms with E-state index in [1.54, 1.807) is 24.3 Å². The fourth-order valence-electron chi connectivity index (χ4n) is 1.58. The Bertz CT molecular complexity index is 467. The second kappa shape index (κ2) is 7.50. The lowest BCUT2D eigenvalue weighted by Gasteiger charge is -2.09. The second-order valence-corrected chi connectivity index (χ2v) is 6.80. The van der Waals surface area contributed by atoms with Gasteiger partial charge in [-0.25, -0.2) is 13.1 Å². The predicted molar refractivity (Wildman–Crippen MR) is 79.9 cm³/mol. The zero-order valence-electron chi connectivity index (χ0n) is 11.9. The summed E-state index contributed by atoms with van der Waals surface area (Å²) in [6, 6.07) is 6.88. The Morgan fingerprint density at radius 1 is 1.11 bits per heavy atom. The summed E-state index contributed by atoms with van der Waals surface area (Å²) < 4.78 is 26.3. The third-order valence-corrected chi connectivity index (χ3v) is 4.23. The maximum absolute atomic E-state index is 11.9. The van der Waals surface area contributed by atoms with E-state index in [1.165, 1.54) is 0 Å². The monoisotopic (exact) mass is 284 g/mol. The number of sulfonamides is 1. The number of nitrogens with one attached hydrogen (secondary N) is 2. The van der Waals surface area contributed by atoms with Crippen molar-refractivity contribution < 1.29 is 8.42 Å². The van der Waals surface area contributed by atoms with E-state index in [0.717, 1.165) is 25.1 Å². The van der Waals surface area contributed by atoms with Gasteiger partial charge in [0.05, 0.1) is 4.90 Å². The summed E-state index contributed by atoms with van der Waals surface area (Å²) in [5.74, 6) is 0.658. The van der Waals surface area contributed by atoms with Crippen molar-refractivity contribution in [3.63, 3.8) is 0 Å². The average Bonchev–Trinajstić information content (AvgIpc) is 2.37. The minimum atomic E-state index is -3.35. The molecule has 0 aliphatic heterocycles. The molecule has 0 aromatic heterocycles. The van der Waals surface area contributed by atoms with Gasteiger partial charge in [0, 0.05) is 18.8 Å². The standard InChI is InChI=1S/C14H24N2O2S/c1-4-10-16-19(17,18)14-7-5-13(6-8-14)15-11-9-12(2)3/h5-8,12,15-16H,4,9-11H2,1-3H3. The van der Waals surface area contributed by atoms with Crippen LogP contribution in [0.2, 0.25) is 0 Å². The van der Waals surface area contributed by atoms with E-state index >= 15 is 0 Å². The van der Waals surface area contributed by atoms with Gasteiger partial charge in [-0.3, -0.25) is 0 Å². The van der Waals surface area contributed by atoms with Gasteiger partial charge in [-0.1, -0.05) is 20.8 Å². The van der Waals surface area contributed by atoms with E-state index in [0.29, 0.717) is 17.4 Å². The van der Waals surface area contributed by atoms with Crippen LogP contribution in [0, 0.1) is 5.92 Å². The van der Waals surface area contributed by atoms with Crippen LogP contribution in [0.4, 0.5) is 5.69 Å². The van der Waals surface area contributed by atoms with Crippen molar-refractivity contribution in [3.05, 3.63) is 24.3 Å². The minimum Gasteiger partial charge on any atom is -0.385 e. The van der Waals surface area contributed by atoms with Gasteiger partial charge in [-0.05, 0) is 43.0 Å². The lowest BCUT2D eigenvalue weighted by atomic mass is 10.1. The van der Waals surface area contributed by atoms with Crippen molar-refractivity contribution in [2.24, 2.45) is 5.92 Å². The molecular formula is C14H24N2O2S. The Balaban J connectivity index is 2.60. The summed E-state index contributed by atoms with van der Waals surface area (Å²) in [4.78, 5) is 0.315. The largest absolute Gasteiger partial charge is 0.385 e. The van der Waals surface area contributed by atoms with Crippen molar-refractivity contribution in [2.75, 3.05) is 18.4 Å². The van der Waals surface area contributed by atoms with Crippen molar-refractivity contribution in [2.45, 2.75) is 38.5 Å². The molecule has 0 aliphatic rings. The van der Waals surface area contributed by atoms with E-state index < -0.39 is 10.0 Å². The first-order valence-electron chi connectivity index (χ1n) is 6.79. The molecule has 2 N–H and O–H groups in total. The summed E-state index contributed by atoms with van der Waals surface area (Å²) in [6.45, 7) is 7.66. The van der Waals surface area contributed by atoms with Crippen molar-refractivity contribution in [3.8, 4) is 0 Å². The summed E-state index contributed by atoms with van der Waals surface area (Å²) in [5, 5.41) is 3.28. The first-order chi connectivity index (χ1) is 8.95. The lowest BCUT2D eigenvalue weighted by molar-refractivity contribution is 0.581. The van der Waals surface area contributed by atoms with Gasteiger partial charge >= 0.3 is 0 Å². The zero-order chi connectivity index (χ0) is 14.3. The molecule has 5 heteroatoms. The van der Waals surface area contributed by atoms with Crippen LogP contribution in [0.3, 0.4) is 0 Å². The van der Waals surface area contributed by atoms with Crippen LogP contribution in [-0.2, 0) is 10.0 Å². The first kappa shape index (κ1) is 16.0. The van der Waals surface area contributed by atoms with E-state index in [4.69, 9.17) is 0 Å². The van der Waals surface area contributed by atoms with Crippen LogP contribution in [0.15, 0.2) is 29.2 Å². The van der Waals surface area contributed by atoms with Crippen LogP contribution >= 0.6 is 0 Å². The number of hydrogen-bond donors (Lipinski definition) is 2. The Morgan fingerprint density at radius 2 is 1.74 bits per heavy atom. The number of anilines is 1. The van der Waals surface area contributed by atoms with Gasteiger partial charge in [-0.15, -0.1) is 0 Å². The summed E-state index contributed by atoms with van der Waals surface area (Å²) in [6.07, 6.45) is 1.88. The topological polar surface area (TPSA) is 58.2 Å². The van der Waals surface area contributed by atoms with Crippen LogP contribution in [0.5, 0.6) is 0 Å². The van der Waals surface area contributed by atoms with Crippen LogP contribution in [0.25, 0.3) is 0 Å². The Kier molecular flexibility index (Phi) is 6.31. The summed E-state index contributed by atoms with van der Waals surface area (Å²) in [5.41, 5.74) is 0.954. The van der Waals surface area contributed by atoms with Gasteiger partial charge in [0.25, 0.3) is 0 Å². The molecule has 0 fully saturated rings. The lowest BCUT2D eigenvalue weighted by Crippen LogP contribution is -2.24. The van der Waals surface area contributed by atoms with Gasteiger partial charge in [0.2, 0.25) is 10.0 Å². The maximum Gasteiger partial charge on any atom is 0.240 e. The SMILES string of the molecule is CCCNS(=O)(=O)c1ccc(NCCC(C)C)cc1. The molecule has 108 valence electrons. The molecule has 0 unspecified atom stereocenters. The highest BCUT2D eigenvalue weighted by Gasteiger charge is 2.12. The molecule has 1 rings (SSSR count). The third-order valence-electron chi connectivity index (χ3n) is 2.76. The molecule has 0 heterocycles. The highest BCUT2D eigenvalue weighted by atomic mass is 32.2. The molecule has 4 nitrogen and oxygen atoms in total. The summed E-state index contributed by atoms with van der Waals surface area (Å²) >= 11 is 0. The third kappa shape index (κ3) is 5.61. The molecule has 0 bridgehead atoms. The molecule has 1 aromatic rings. The van der Waals surface area contributed by atoms with E-state index in [9.17, 15) is 8.42 Å². The average molecular weight is 284 g/mol. The number of hydrogen-bond acceptors (Lipinski definition) is 3. The quantitative estimate of drug-likeness (QED) is 0.771. The molecule has 0 atom stereocenters. The molecule has 0 aliphatic carbocycles. The predicted octanol–water partition coefficient (Wildman–Crippen LogP) is 2.83. The van der Waals surface area contributed by atoms with Crippen molar-refractivity contribution in [1.29, 1.82) is 0 Å². The molecule has 19 heavy (non-hydrogen) atoms. The molecule has 0 saturated heterocycles. The molecule has 0 saturated carbocycles. The number of rotatable bonds is 8. The first-order valence-corrected chi connectivity index (χ1v) is 8.27. The van der Waals surface area contributed by atoms with Crippen LogP contribution < -0.4 is 10.0 Å². The highest BCUT2D eigenvalue weighted by molar-refractivity contribution is 7.89. The zero-order valence-corrected chi connectivity index (χ0v) is 12.8. The van der Waals surface area contributed by atoms with Gasteiger partial charge < -0.3 is 5.32 Å².